The first-order valence-electron chi connectivity index (χ1n) is 8.49. The van der Waals surface area contributed by atoms with E-state index in [2.05, 4.69) is 57.8 Å². The van der Waals surface area contributed by atoms with Gasteiger partial charge in [-0.25, -0.2) is 0 Å². The first-order chi connectivity index (χ1) is 10.3. The summed E-state index contributed by atoms with van der Waals surface area (Å²) in [6, 6.07) is 10.4. The van der Waals surface area contributed by atoms with E-state index < -0.39 is 0 Å². The van der Waals surface area contributed by atoms with Crippen molar-refractivity contribution < 1.29 is 0 Å². The fraction of sp³-hybridized carbons (Fsp3) is 0.667. The van der Waals surface area contributed by atoms with Crippen molar-refractivity contribution in [2.45, 2.75) is 63.6 Å². The zero-order chi connectivity index (χ0) is 14.7. The molecule has 0 aromatic heterocycles. The van der Waals surface area contributed by atoms with Gasteiger partial charge in [-0.15, -0.1) is 0 Å². The van der Waals surface area contributed by atoms with Gasteiger partial charge in [-0.1, -0.05) is 47.0 Å². The third kappa shape index (κ3) is 3.69. The number of halogens is 1. The van der Waals surface area contributed by atoms with Gasteiger partial charge >= 0.3 is 0 Å². The molecule has 2 fully saturated rings. The molecule has 4 unspecified atom stereocenters. The van der Waals surface area contributed by atoms with Crippen LogP contribution in [0.1, 0.15) is 57.1 Å². The average molecular weight is 351 g/mol. The van der Waals surface area contributed by atoms with Crippen molar-refractivity contribution in [3.05, 3.63) is 34.3 Å². The van der Waals surface area contributed by atoms with Crippen molar-refractivity contribution in [2.24, 2.45) is 5.92 Å². The lowest BCUT2D eigenvalue weighted by atomic mass is 9.88. The van der Waals surface area contributed by atoms with Crippen LogP contribution in [0.5, 0.6) is 0 Å². The maximum absolute atomic E-state index is 3.91. The van der Waals surface area contributed by atoms with E-state index in [4.69, 9.17) is 0 Å². The highest BCUT2D eigenvalue weighted by Crippen LogP contribution is 2.34. The number of benzene rings is 1. The average Bonchev–Trinajstić information content (AvgIpc) is 2.96. The monoisotopic (exact) mass is 350 g/mol. The zero-order valence-corrected chi connectivity index (χ0v) is 14.5. The molecule has 3 heteroatoms. The second-order valence-electron chi connectivity index (χ2n) is 6.67. The molecule has 1 aromatic rings. The van der Waals surface area contributed by atoms with Gasteiger partial charge in [0.2, 0.25) is 0 Å². The molecule has 1 aliphatic heterocycles. The third-order valence-electron chi connectivity index (χ3n) is 5.27. The van der Waals surface area contributed by atoms with Crippen molar-refractivity contribution in [1.82, 2.24) is 10.6 Å². The number of hydrogen-bond donors (Lipinski definition) is 2. The summed E-state index contributed by atoms with van der Waals surface area (Å²) in [6.45, 7) is 3.51. The lowest BCUT2D eigenvalue weighted by Gasteiger charge is -2.34. The second-order valence-corrected chi connectivity index (χ2v) is 7.52. The predicted molar refractivity (Wildman–Crippen MR) is 92.5 cm³/mol. The van der Waals surface area contributed by atoms with E-state index in [-0.39, 0.29) is 0 Å². The van der Waals surface area contributed by atoms with E-state index in [9.17, 15) is 0 Å². The minimum Gasteiger partial charge on any atom is -0.314 e. The Morgan fingerprint density at radius 1 is 1.14 bits per heavy atom. The summed E-state index contributed by atoms with van der Waals surface area (Å²) in [5, 5.41) is 7.68. The SMILES string of the molecule is CC(NC1CCCC1C1CCCCN1)c1ccccc1Br. The van der Waals surface area contributed by atoms with Crippen molar-refractivity contribution >= 4 is 15.9 Å². The lowest BCUT2D eigenvalue weighted by Crippen LogP contribution is -2.47. The third-order valence-corrected chi connectivity index (χ3v) is 5.99. The highest BCUT2D eigenvalue weighted by atomic mass is 79.9. The van der Waals surface area contributed by atoms with Gasteiger partial charge < -0.3 is 10.6 Å². The summed E-state index contributed by atoms with van der Waals surface area (Å²) in [6.07, 6.45) is 8.22. The summed E-state index contributed by atoms with van der Waals surface area (Å²) in [5.74, 6) is 0.815. The Labute approximate surface area is 137 Å². The molecule has 2 N–H and O–H groups in total. The molecule has 0 amide bonds. The standard InChI is InChI=1S/C18H27BrN2/c1-13(14-7-2-3-9-16(14)19)21-18-11-6-8-15(18)17-10-4-5-12-20-17/h2-3,7,9,13,15,17-18,20-21H,4-6,8,10-12H2,1H3. The first kappa shape index (κ1) is 15.5. The Hall–Kier alpha value is -0.380. The van der Waals surface area contributed by atoms with E-state index in [0.717, 1.165) is 12.0 Å². The molecule has 1 saturated heterocycles. The number of nitrogens with one attached hydrogen (secondary N) is 2. The molecule has 2 aliphatic rings. The van der Waals surface area contributed by atoms with Crippen LogP contribution in [0.2, 0.25) is 0 Å². The summed E-state index contributed by atoms with van der Waals surface area (Å²) in [7, 11) is 0. The largest absolute Gasteiger partial charge is 0.314 e. The van der Waals surface area contributed by atoms with Gasteiger partial charge in [0.15, 0.2) is 0 Å². The Balaban J connectivity index is 1.64. The molecule has 3 rings (SSSR count). The number of rotatable bonds is 4. The van der Waals surface area contributed by atoms with Crippen molar-refractivity contribution in [3.63, 3.8) is 0 Å². The molecule has 1 aliphatic carbocycles. The van der Waals surface area contributed by atoms with Crippen molar-refractivity contribution in [3.8, 4) is 0 Å². The molecule has 0 radical (unpaired) electrons. The highest BCUT2D eigenvalue weighted by Gasteiger charge is 2.34. The van der Waals surface area contributed by atoms with Crippen LogP contribution in [0.15, 0.2) is 28.7 Å². The van der Waals surface area contributed by atoms with E-state index in [0.29, 0.717) is 12.1 Å². The molecular weight excluding hydrogens is 324 g/mol. The van der Waals surface area contributed by atoms with E-state index in [1.807, 2.05) is 0 Å². The summed E-state index contributed by atoms with van der Waals surface area (Å²) < 4.78 is 1.22. The second kappa shape index (κ2) is 7.26. The van der Waals surface area contributed by atoms with Gasteiger partial charge in [-0.2, -0.15) is 0 Å². The van der Waals surface area contributed by atoms with Crippen molar-refractivity contribution in [2.75, 3.05) is 6.54 Å². The fourth-order valence-corrected chi connectivity index (χ4v) is 4.79. The van der Waals surface area contributed by atoms with Crippen LogP contribution in [-0.4, -0.2) is 18.6 Å². The van der Waals surface area contributed by atoms with Crippen LogP contribution in [0, 0.1) is 5.92 Å². The Morgan fingerprint density at radius 2 is 2.00 bits per heavy atom. The molecule has 21 heavy (non-hydrogen) atoms. The molecule has 1 saturated carbocycles. The minimum absolute atomic E-state index is 0.412. The van der Waals surface area contributed by atoms with Gasteiger partial charge in [0.25, 0.3) is 0 Å². The Bertz CT molecular complexity index is 456. The molecule has 1 aromatic carbocycles. The topological polar surface area (TPSA) is 24.1 Å². The zero-order valence-electron chi connectivity index (χ0n) is 12.9. The normalized spacial score (nSPS) is 31.2. The molecule has 2 nitrogen and oxygen atoms in total. The molecular formula is C18H27BrN2. The van der Waals surface area contributed by atoms with Crippen LogP contribution >= 0.6 is 15.9 Å². The van der Waals surface area contributed by atoms with Crippen LogP contribution in [0.25, 0.3) is 0 Å². The summed E-state index contributed by atoms with van der Waals surface area (Å²) >= 11 is 3.69. The van der Waals surface area contributed by atoms with Crippen LogP contribution < -0.4 is 10.6 Å². The molecule has 1 heterocycles. The first-order valence-corrected chi connectivity index (χ1v) is 9.29. The lowest BCUT2D eigenvalue weighted by molar-refractivity contribution is 0.248. The van der Waals surface area contributed by atoms with Gasteiger partial charge in [-0.05, 0) is 56.7 Å². The highest BCUT2D eigenvalue weighted by molar-refractivity contribution is 9.10. The minimum atomic E-state index is 0.412. The van der Waals surface area contributed by atoms with Crippen LogP contribution in [0.3, 0.4) is 0 Å². The van der Waals surface area contributed by atoms with Gasteiger partial charge in [0.05, 0.1) is 0 Å². The molecule has 116 valence electrons. The predicted octanol–water partition coefficient (Wildman–Crippen LogP) is 4.41. The van der Waals surface area contributed by atoms with Crippen LogP contribution in [-0.2, 0) is 0 Å². The van der Waals surface area contributed by atoms with Gasteiger partial charge in [-0.3, -0.25) is 0 Å². The van der Waals surface area contributed by atoms with Gasteiger partial charge in [0.1, 0.15) is 0 Å². The summed E-state index contributed by atoms with van der Waals surface area (Å²) in [4.78, 5) is 0. The molecule has 0 bridgehead atoms. The van der Waals surface area contributed by atoms with Gasteiger partial charge in [0, 0.05) is 22.6 Å². The quantitative estimate of drug-likeness (QED) is 0.840. The maximum atomic E-state index is 3.91. The smallest absolute Gasteiger partial charge is 0.0305 e. The number of hydrogen-bond acceptors (Lipinski definition) is 2. The van der Waals surface area contributed by atoms with E-state index in [1.165, 1.54) is 55.1 Å². The Kier molecular flexibility index (Phi) is 5.36. The maximum Gasteiger partial charge on any atom is 0.0305 e. The summed E-state index contributed by atoms with van der Waals surface area (Å²) in [5.41, 5.74) is 1.37. The van der Waals surface area contributed by atoms with Crippen molar-refractivity contribution in [1.29, 1.82) is 0 Å². The molecule has 4 atom stereocenters. The van der Waals surface area contributed by atoms with E-state index in [1.54, 1.807) is 0 Å². The number of piperidine rings is 1. The Morgan fingerprint density at radius 3 is 2.76 bits per heavy atom. The van der Waals surface area contributed by atoms with Crippen LogP contribution in [0.4, 0.5) is 0 Å². The van der Waals surface area contributed by atoms with E-state index >= 15 is 0 Å². The molecule has 0 spiro atoms. The fourth-order valence-electron chi connectivity index (χ4n) is 4.16.